The Labute approximate surface area is 199 Å². The number of hydrogen-bond donors (Lipinski definition) is 1. The number of phenols is 1. The van der Waals surface area contributed by atoms with Crippen molar-refractivity contribution in [1.82, 2.24) is 4.90 Å². The van der Waals surface area contributed by atoms with Gasteiger partial charge in [-0.05, 0) is 65.1 Å². The predicted molar refractivity (Wildman–Crippen MR) is 128 cm³/mol. The van der Waals surface area contributed by atoms with Crippen LogP contribution in [0.3, 0.4) is 0 Å². The first-order valence-electron chi connectivity index (χ1n) is 10.7. The zero-order chi connectivity index (χ0) is 23.5. The Morgan fingerprint density at radius 2 is 1.52 bits per heavy atom. The molecule has 3 aromatic rings. The Morgan fingerprint density at radius 3 is 2.12 bits per heavy atom. The minimum atomic E-state index is -0.0435. The van der Waals surface area contributed by atoms with Gasteiger partial charge >= 0.3 is 0 Å². The number of phenolic OH excluding ortho intramolecular Hbond substituents is 1. The van der Waals surface area contributed by atoms with Gasteiger partial charge in [-0.25, -0.2) is 0 Å². The van der Waals surface area contributed by atoms with Crippen molar-refractivity contribution in [3.63, 3.8) is 0 Å². The third kappa shape index (κ3) is 4.54. The molecule has 1 aliphatic heterocycles. The molecule has 0 unspecified atom stereocenters. The molecule has 0 amide bonds. The second-order valence-corrected chi connectivity index (χ2v) is 8.37. The van der Waals surface area contributed by atoms with E-state index < -0.39 is 0 Å². The monoisotopic (exact) mass is 469 g/mol. The van der Waals surface area contributed by atoms with Gasteiger partial charge in [-0.2, -0.15) is 0 Å². The molecule has 1 aliphatic rings. The summed E-state index contributed by atoms with van der Waals surface area (Å²) in [6.07, 6.45) is 0.860. The minimum absolute atomic E-state index is 0.00374. The van der Waals surface area contributed by atoms with Crippen LogP contribution in [0.5, 0.6) is 28.7 Å². The van der Waals surface area contributed by atoms with Crippen LogP contribution in [-0.2, 0) is 13.0 Å². The van der Waals surface area contributed by atoms with Crippen LogP contribution in [0.2, 0.25) is 5.02 Å². The maximum absolute atomic E-state index is 10.3. The molecule has 6 nitrogen and oxygen atoms in total. The Balaban J connectivity index is 1.80. The zero-order valence-electron chi connectivity index (χ0n) is 19.2. The van der Waals surface area contributed by atoms with Crippen LogP contribution in [0.25, 0.3) is 0 Å². The Hall–Kier alpha value is -3.09. The highest BCUT2D eigenvalue weighted by Crippen LogP contribution is 2.43. The fourth-order valence-corrected chi connectivity index (χ4v) is 4.71. The molecule has 3 aromatic carbocycles. The first kappa shape index (κ1) is 23.1. The first-order chi connectivity index (χ1) is 16.0. The average molecular weight is 470 g/mol. The van der Waals surface area contributed by atoms with Gasteiger partial charge in [0.05, 0.1) is 34.5 Å². The summed E-state index contributed by atoms with van der Waals surface area (Å²) in [4.78, 5) is 2.38. The molecule has 0 aliphatic carbocycles. The molecule has 0 saturated heterocycles. The molecular formula is C26H28ClNO5. The zero-order valence-corrected chi connectivity index (χ0v) is 20.0. The van der Waals surface area contributed by atoms with E-state index in [4.69, 9.17) is 30.5 Å². The number of fused-ring (bicyclic) bond motifs is 1. The number of ether oxygens (including phenoxy) is 4. The first-order valence-corrected chi connectivity index (χ1v) is 11.0. The van der Waals surface area contributed by atoms with Crippen molar-refractivity contribution in [2.45, 2.75) is 19.0 Å². The van der Waals surface area contributed by atoms with Gasteiger partial charge in [0, 0.05) is 18.1 Å². The van der Waals surface area contributed by atoms with E-state index in [1.54, 1.807) is 14.2 Å². The summed E-state index contributed by atoms with van der Waals surface area (Å²) in [5, 5.41) is 11.0. The summed E-state index contributed by atoms with van der Waals surface area (Å²) in [5.41, 5.74) is 4.43. The topological polar surface area (TPSA) is 60.4 Å². The Kier molecular flexibility index (Phi) is 6.86. The lowest BCUT2D eigenvalue weighted by molar-refractivity contribution is 0.203. The van der Waals surface area contributed by atoms with Crippen molar-refractivity contribution in [3.05, 3.63) is 75.8 Å². The van der Waals surface area contributed by atoms with E-state index in [1.165, 1.54) is 19.8 Å². The van der Waals surface area contributed by atoms with E-state index >= 15 is 0 Å². The van der Waals surface area contributed by atoms with Crippen LogP contribution in [-0.4, -0.2) is 45.0 Å². The van der Waals surface area contributed by atoms with Crippen molar-refractivity contribution in [2.75, 3.05) is 35.0 Å². The highest BCUT2D eigenvalue weighted by atomic mass is 35.5. The molecular weight excluding hydrogens is 442 g/mol. The lowest BCUT2D eigenvalue weighted by atomic mass is 9.87. The largest absolute Gasteiger partial charge is 0.502 e. The van der Waals surface area contributed by atoms with Gasteiger partial charge in [0.1, 0.15) is 0 Å². The number of benzene rings is 3. The van der Waals surface area contributed by atoms with E-state index in [0.29, 0.717) is 28.8 Å². The van der Waals surface area contributed by atoms with Crippen LogP contribution in [0.15, 0.2) is 48.5 Å². The van der Waals surface area contributed by atoms with Gasteiger partial charge in [-0.3, -0.25) is 4.90 Å². The van der Waals surface area contributed by atoms with Gasteiger partial charge in [-0.1, -0.05) is 23.7 Å². The van der Waals surface area contributed by atoms with Crippen LogP contribution in [0.4, 0.5) is 0 Å². The highest BCUT2D eigenvalue weighted by molar-refractivity contribution is 6.30. The molecule has 0 fully saturated rings. The van der Waals surface area contributed by atoms with Gasteiger partial charge in [0.2, 0.25) is 5.75 Å². The summed E-state index contributed by atoms with van der Waals surface area (Å²) in [6.45, 7) is 1.45. The second kappa shape index (κ2) is 9.81. The number of rotatable bonds is 7. The third-order valence-corrected chi connectivity index (χ3v) is 6.30. The molecule has 0 spiro atoms. The highest BCUT2D eigenvalue weighted by Gasteiger charge is 2.31. The fourth-order valence-electron chi connectivity index (χ4n) is 4.51. The predicted octanol–water partition coefficient (Wildman–Crippen LogP) is 5.23. The van der Waals surface area contributed by atoms with E-state index in [-0.39, 0.29) is 11.8 Å². The van der Waals surface area contributed by atoms with Crippen molar-refractivity contribution < 1.29 is 24.1 Å². The Bertz CT molecular complexity index is 1120. The number of hydrogen-bond acceptors (Lipinski definition) is 6. The summed E-state index contributed by atoms with van der Waals surface area (Å²) in [6, 6.07) is 15.7. The lowest BCUT2D eigenvalue weighted by Gasteiger charge is -2.38. The van der Waals surface area contributed by atoms with Crippen molar-refractivity contribution in [1.29, 1.82) is 0 Å². The maximum Gasteiger partial charge on any atom is 0.200 e. The fraction of sp³-hybridized carbons (Fsp3) is 0.308. The molecule has 1 N–H and O–H groups in total. The SMILES string of the molecule is COc1cc2c(cc1OC)[C@@H](c1cccc(Cl)c1)N(Cc1cc(OC)c(O)c(OC)c1)CC2. The molecule has 0 bridgehead atoms. The van der Waals surface area contributed by atoms with Crippen molar-refractivity contribution >= 4 is 11.6 Å². The minimum Gasteiger partial charge on any atom is -0.502 e. The normalized spacial score (nSPS) is 15.6. The molecule has 0 aromatic heterocycles. The van der Waals surface area contributed by atoms with E-state index in [2.05, 4.69) is 23.1 Å². The summed E-state index contributed by atoms with van der Waals surface area (Å²) < 4.78 is 21.9. The summed E-state index contributed by atoms with van der Waals surface area (Å²) >= 11 is 6.38. The average Bonchev–Trinajstić information content (AvgIpc) is 2.83. The van der Waals surface area contributed by atoms with Gasteiger partial charge in [0.15, 0.2) is 23.0 Å². The molecule has 0 radical (unpaired) electrons. The maximum atomic E-state index is 10.3. The molecule has 174 valence electrons. The second-order valence-electron chi connectivity index (χ2n) is 7.93. The number of aromatic hydroxyl groups is 1. The molecule has 7 heteroatoms. The van der Waals surface area contributed by atoms with Crippen molar-refractivity contribution in [2.24, 2.45) is 0 Å². The van der Waals surface area contributed by atoms with Crippen LogP contribution < -0.4 is 18.9 Å². The molecule has 1 atom stereocenters. The van der Waals surface area contributed by atoms with Crippen LogP contribution >= 0.6 is 11.6 Å². The van der Waals surface area contributed by atoms with E-state index in [1.807, 2.05) is 30.3 Å². The lowest BCUT2D eigenvalue weighted by Crippen LogP contribution is -2.35. The Morgan fingerprint density at radius 1 is 0.879 bits per heavy atom. The van der Waals surface area contributed by atoms with E-state index in [0.717, 1.165) is 35.4 Å². The number of nitrogens with zero attached hydrogens (tertiary/aromatic N) is 1. The third-order valence-electron chi connectivity index (χ3n) is 6.06. The number of methoxy groups -OCH3 is 4. The molecule has 33 heavy (non-hydrogen) atoms. The van der Waals surface area contributed by atoms with Gasteiger partial charge in [0.25, 0.3) is 0 Å². The molecule has 4 rings (SSSR count). The molecule has 1 heterocycles. The number of halogens is 1. The van der Waals surface area contributed by atoms with Crippen molar-refractivity contribution in [3.8, 4) is 28.7 Å². The summed E-state index contributed by atoms with van der Waals surface area (Å²) in [7, 11) is 6.36. The van der Waals surface area contributed by atoms with Crippen LogP contribution in [0, 0.1) is 0 Å². The van der Waals surface area contributed by atoms with Gasteiger partial charge < -0.3 is 24.1 Å². The standard InChI is InChI=1S/C26H28ClNO5/c1-30-21-13-17-8-9-28(15-16-10-23(32-3)26(29)24(11-16)33-4)25(20(17)14-22(21)31-2)18-6-5-7-19(27)12-18/h5-7,10-14,25,29H,8-9,15H2,1-4H3/t25-/m1/s1. The molecule has 0 saturated carbocycles. The van der Waals surface area contributed by atoms with Gasteiger partial charge in [-0.15, -0.1) is 0 Å². The summed E-state index contributed by atoms with van der Waals surface area (Å²) in [5.74, 6) is 2.18. The quantitative estimate of drug-likeness (QED) is 0.511. The van der Waals surface area contributed by atoms with E-state index in [9.17, 15) is 5.11 Å². The van der Waals surface area contributed by atoms with Crippen LogP contribution in [0.1, 0.15) is 28.3 Å². The smallest absolute Gasteiger partial charge is 0.200 e.